The van der Waals surface area contributed by atoms with Crippen LogP contribution in [0, 0.1) is 0 Å². The van der Waals surface area contributed by atoms with Crippen LogP contribution in [0.2, 0.25) is 0 Å². The summed E-state index contributed by atoms with van der Waals surface area (Å²) in [5, 5.41) is 9.53. The number of carbonyl (C=O) groups is 1. The van der Waals surface area contributed by atoms with E-state index >= 15 is 0 Å². The SMILES string of the molecule is O=C(NC1CCc2n[nH]c(=O)n2CC1)c1ccc(CN2CCCC2)o1. The van der Waals surface area contributed by atoms with Gasteiger partial charge in [-0.2, -0.15) is 5.10 Å². The van der Waals surface area contributed by atoms with Crippen molar-refractivity contribution in [3.8, 4) is 0 Å². The van der Waals surface area contributed by atoms with Crippen LogP contribution in [-0.2, 0) is 19.5 Å². The van der Waals surface area contributed by atoms with Gasteiger partial charge in [0.15, 0.2) is 5.76 Å². The number of aromatic amines is 1. The van der Waals surface area contributed by atoms with Crippen LogP contribution < -0.4 is 11.0 Å². The van der Waals surface area contributed by atoms with E-state index in [-0.39, 0.29) is 17.6 Å². The average molecular weight is 345 g/mol. The molecule has 1 fully saturated rings. The van der Waals surface area contributed by atoms with Gasteiger partial charge in [0.1, 0.15) is 11.6 Å². The molecule has 8 nitrogen and oxygen atoms in total. The molecule has 2 aliphatic rings. The van der Waals surface area contributed by atoms with Crippen LogP contribution in [0.1, 0.15) is 47.8 Å². The third kappa shape index (κ3) is 3.53. The van der Waals surface area contributed by atoms with Crippen LogP contribution >= 0.6 is 0 Å². The molecule has 1 unspecified atom stereocenters. The van der Waals surface area contributed by atoms with E-state index in [9.17, 15) is 9.59 Å². The molecule has 2 aromatic rings. The molecular formula is C17H23N5O3. The Kier molecular flexibility index (Phi) is 4.44. The first-order valence-electron chi connectivity index (χ1n) is 8.95. The van der Waals surface area contributed by atoms with Crippen molar-refractivity contribution in [2.45, 2.75) is 51.2 Å². The lowest BCUT2D eigenvalue weighted by atomic mass is 10.1. The number of furan rings is 1. The van der Waals surface area contributed by atoms with Crippen molar-refractivity contribution in [2.75, 3.05) is 13.1 Å². The zero-order chi connectivity index (χ0) is 17.2. The minimum absolute atomic E-state index is 0.0146. The molecular weight excluding hydrogens is 322 g/mol. The van der Waals surface area contributed by atoms with Gasteiger partial charge in [0.25, 0.3) is 5.91 Å². The lowest BCUT2D eigenvalue weighted by Crippen LogP contribution is -2.35. The Labute approximate surface area is 145 Å². The summed E-state index contributed by atoms with van der Waals surface area (Å²) in [4.78, 5) is 26.4. The molecule has 2 N–H and O–H groups in total. The second-order valence-corrected chi connectivity index (χ2v) is 6.84. The van der Waals surface area contributed by atoms with Gasteiger partial charge in [0.05, 0.1) is 6.54 Å². The molecule has 4 rings (SSSR count). The van der Waals surface area contributed by atoms with Crippen molar-refractivity contribution in [3.05, 3.63) is 40.0 Å². The number of carbonyl (C=O) groups excluding carboxylic acids is 1. The summed E-state index contributed by atoms with van der Waals surface area (Å²) in [6.45, 7) is 3.52. The van der Waals surface area contributed by atoms with E-state index in [0.29, 0.717) is 25.1 Å². The van der Waals surface area contributed by atoms with Gasteiger partial charge in [-0.3, -0.25) is 14.3 Å². The Bertz CT molecular complexity index is 799. The van der Waals surface area contributed by atoms with Crippen molar-refractivity contribution in [1.29, 1.82) is 0 Å². The zero-order valence-corrected chi connectivity index (χ0v) is 14.2. The van der Waals surface area contributed by atoms with Crippen LogP contribution in [0.15, 0.2) is 21.3 Å². The first kappa shape index (κ1) is 16.1. The summed E-state index contributed by atoms with van der Waals surface area (Å²) in [7, 11) is 0. The molecule has 134 valence electrons. The van der Waals surface area contributed by atoms with Crippen LogP contribution in [0.25, 0.3) is 0 Å². The molecule has 0 aromatic carbocycles. The number of hydrogen-bond donors (Lipinski definition) is 2. The first-order valence-corrected chi connectivity index (χ1v) is 8.95. The summed E-state index contributed by atoms with van der Waals surface area (Å²) < 4.78 is 7.37. The lowest BCUT2D eigenvalue weighted by molar-refractivity contribution is 0.0901. The molecule has 4 heterocycles. The number of hydrogen-bond acceptors (Lipinski definition) is 5. The lowest BCUT2D eigenvalue weighted by Gasteiger charge is -2.15. The van der Waals surface area contributed by atoms with Crippen LogP contribution in [-0.4, -0.2) is 44.7 Å². The van der Waals surface area contributed by atoms with Gasteiger partial charge in [-0.15, -0.1) is 0 Å². The number of fused-ring (bicyclic) bond motifs is 1. The first-order chi connectivity index (χ1) is 12.2. The molecule has 25 heavy (non-hydrogen) atoms. The van der Waals surface area contributed by atoms with Crippen molar-refractivity contribution >= 4 is 5.91 Å². The highest BCUT2D eigenvalue weighted by Gasteiger charge is 2.22. The number of nitrogens with one attached hydrogen (secondary N) is 2. The van der Waals surface area contributed by atoms with E-state index in [1.165, 1.54) is 12.8 Å². The van der Waals surface area contributed by atoms with E-state index in [4.69, 9.17) is 4.42 Å². The highest BCUT2D eigenvalue weighted by atomic mass is 16.4. The summed E-state index contributed by atoms with van der Waals surface area (Å²) in [5.41, 5.74) is -0.181. The average Bonchev–Trinajstić information content (AvgIpc) is 3.31. The van der Waals surface area contributed by atoms with Crippen molar-refractivity contribution in [3.63, 3.8) is 0 Å². The molecule has 0 radical (unpaired) electrons. The summed E-state index contributed by atoms with van der Waals surface area (Å²) in [5.74, 6) is 1.76. The number of aryl methyl sites for hydroxylation is 1. The topological polar surface area (TPSA) is 96.2 Å². The highest BCUT2D eigenvalue weighted by Crippen LogP contribution is 2.16. The third-order valence-corrected chi connectivity index (χ3v) is 5.05. The van der Waals surface area contributed by atoms with Gasteiger partial charge in [-0.1, -0.05) is 0 Å². The number of rotatable bonds is 4. The zero-order valence-electron chi connectivity index (χ0n) is 14.2. The maximum Gasteiger partial charge on any atom is 0.343 e. The summed E-state index contributed by atoms with van der Waals surface area (Å²) >= 11 is 0. The third-order valence-electron chi connectivity index (χ3n) is 5.05. The monoisotopic (exact) mass is 345 g/mol. The Morgan fingerprint density at radius 1 is 1.28 bits per heavy atom. The minimum atomic E-state index is -0.189. The van der Waals surface area contributed by atoms with Gasteiger partial charge >= 0.3 is 5.69 Å². The number of aromatic nitrogens is 3. The van der Waals surface area contributed by atoms with Crippen LogP contribution in [0.4, 0.5) is 0 Å². The number of H-pyrrole nitrogens is 1. The van der Waals surface area contributed by atoms with Crippen molar-refractivity contribution in [1.82, 2.24) is 25.0 Å². The Morgan fingerprint density at radius 2 is 2.12 bits per heavy atom. The fourth-order valence-corrected chi connectivity index (χ4v) is 3.65. The standard InChI is InChI=1S/C17H23N5O3/c23-16(14-5-4-13(25-14)11-21-8-1-2-9-21)18-12-3-6-15-19-20-17(24)22(15)10-7-12/h4-5,12H,1-3,6-11H2,(H,18,23)(H,20,24). The number of nitrogens with zero attached hydrogens (tertiary/aromatic N) is 3. The molecule has 2 aromatic heterocycles. The second kappa shape index (κ2) is 6.87. The number of likely N-dealkylation sites (tertiary alicyclic amines) is 1. The molecule has 0 saturated carbocycles. The van der Waals surface area contributed by atoms with E-state index in [1.807, 2.05) is 6.07 Å². The molecule has 0 aliphatic carbocycles. The van der Waals surface area contributed by atoms with Gasteiger partial charge in [0, 0.05) is 19.0 Å². The predicted octanol–water partition coefficient (Wildman–Crippen LogP) is 0.895. The Morgan fingerprint density at radius 3 is 2.96 bits per heavy atom. The van der Waals surface area contributed by atoms with E-state index < -0.39 is 0 Å². The second-order valence-electron chi connectivity index (χ2n) is 6.84. The fourth-order valence-electron chi connectivity index (χ4n) is 3.65. The smallest absolute Gasteiger partial charge is 0.343 e. The quantitative estimate of drug-likeness (QED) is 0.858. The summed E-state index contributed by atoms with van der Waals surface area (Å²) in [6.07, 6.45) is 4.60. The van der Waals surface area contributed by atoms with E-state index in [1.54, 1.807) is 10.6 Å². The van der Waals surface area contributed by atoms with Crippen LogP contribution in [0.5, 0.6) is 0 Å². The van der Waals surface area contributed by atoms with E-state index in [0.717, 1.165) is 37.6 Å². The van der Waals surface area contributed by atoms with Gasteiger partial charge in [0.2, 0.25) is 0 Å². The maximum atomic E-state index is 12.4. The Hall–Kier alpha value is -2.35. The van der Waals surface area contributed by atoms with Crippen molar-refractivity contribution in [2.24, 2.45) is 0 Å². The van der Waals surface area contributed by atoms with Gasteiger partial charge < -0.3 is 9.73 Å². The molecule has 0 bridgehead atoms. The number of amides is 1. The predicted molar refractivity (Wildman–Crippen MR) is 90.3 cm³/mol. The molecule has 8 heteroatoms. The van der Waals surface area contributed by atoms with Crippen molar-refractivity contribution < 1.29 is 9.21 Å². The molecule has 1 saturated heterocycles. The normalized spacial score (nSPS) is 21.0. The largest absolute Gasteiger partial charge is 0.455 e. The molecule has 2 aliphatic heterocycles. The van der Waals surface area contributed by atoms with Gasteiger partial charge in [-0.05, 0) is 50.9 Å². The summed E-state index contributed by atoms with van der Waals surface area (Å²) in [6, 6.07) is 3.64. The minimum Gasteiger partial charge on any atom is -0.455 e. The highest BCUT2D eigenvalue weighted by molar-refractivity contribution is 5.91. The fraction of sp³-hybridized carbons (Fsp3) is 0.588. The molecule has 1 amide bonds. The van der Waals surface area contributed by atoms with Gasteiger partial charge in [-0.25, -0.2) is 9.89 Å². The van der Waals surface area contributed by atoms with E-state index in [2.05, 4.69) is 20.4 Å². The molecule has 1 atom stereocenters. The molecule has 0 spiro atoms. The Balaban J connectivity index is 1.34. The van der Waals surface area contributed by atoms with Crippen LogP contribution in [0.3, 0.4) is 0 Å². The maximum absolute atomic E-state index is 12.4.